The molecule has 0 saturated carbocycles. The van der Waals surface area contributed by atoms with Gasteiger partial charge in [-0.2, -0.15) is 8.42 Å². The fourth-order valence-corrected chi connectivity index (χ4v) is 3.80. The van der Waals surface area contributed by atoms with Crippen LogP contribution in [0.15, 0.2) is 70.1 Å². The minimum atomic E-state index is -4.05. The Bertz CT molecular complexity index is 1200. The van der Waals surface area contributed by atoms with E-state index in [-0.39, 0.29) is 28.1 Å². The minimum Gasteiger partial charge on any atom is -0.454 e. The first kappa shape index (κ1) is 18.2. The average molecular weight is 419 g/mol. The van der Waals surface area contributed by atoms with Crippen LogP contribution in [0, 0.1) is 5.82 Å². The molecule has 0 saturated heterocycles. The monoisotopic (exact) mass is 418 g/mol. The third-order valence-electron chi connectivity index (χ3n) is 3.77. The van der Waals surface area contributed by atoms with Crippen LogP contribution in [0.2, 0.25) is 5.02 Å². The normalized spacial score (nSPS) is 14.4. The van der Waals surface area contributed by atoms with E-state index in [2.05, 4.69) is 20.0 Å². The van der Waals surface area contributed by atoms with E-state index in [9.17, 15) is 12.8 Å². The molecular weight excluding hydrogens is 407 g/mol. The van der Waals surface area contributed by atoms with Gasteiger partial charge in [-0.1, -0.05) is 29.8 Å². The fraction of sp³-hybridized carbons (Fsp3) is 0. The third kappa shape index (κ3) is 3.49. The van der Waals surface area contributed by atoms with Crippen molar-refractivity contribution >= 4 is 39.1 Å². The molecule has 28 heavy (non-hydrogen) atoms. The van der Waals surface area contributed by atoms with Gasteiger partial charge in [0.15, 0.2) is 17.4 Å². The van der Waals surface area contributed by atoms with Crippen LogP contribution in [-0.4, -0.2) is 19.4 Å². The zero-order chi connectivity index (χ0) is 19.7. The summed E-state index contributed by atoms with van der Waals surface area (Å²) in [5.41, 5.74) is 0.149. The van der Waals surface area contributed by atoms with Crippen LogP contribution in [-0.2, 0) is 10.0 Å². The number of sulfonamides is 1. The first-order chi connectivity index (χ1) is 13.4. The summed E-state index contributed by atoms with van der Waals surface area (Å²) in [6.07, 6.45) is 1.36. The van der Waals surface area contributed by atoms with Gasteiger partial charge in [0, 0.05) is 6.20 Å². The van der Waals surface area contributed by atoms with Crippen molar-refractivity contribution in [2.75, 3.05) is 10.6 Å². The summed E-state index contributed by atoms with van der Waals surface area (Å²) in [5, 5.41) is 5.72. The van der Waals surface area contributed by atoms with Gasteiger partial charge in [0.1, 0.15) is 16.3 Å². The Balaban J connectivity index is 1.73. The highest BCUT2D eigenvalue weighted by molar-refractivity contribution is 7.90. The van der Waals surface area contributed by atoms with Crippen LogP contribution in [0.25, 0.3) is 0 Å². The Morgan fingerprint density at radius 1 is 1.04 bits per heavy atom. The number of rotatable bonds is 3. The summed E-state index contributed by atoms with van der Waals surface area (Å²) in [4.78, 5) is 3.75. The van der Waals surface area contributed by atoms with Crippen molar-refractivity contribution in [3.63, 3.8) is 0 Å². The van der Waals surface area contributed by atoms with Gasteiger partial charge >= 0.3 is 0 Å². The molecule has 1 aromatic heterocycles. The van der Waals surface area contributed by atoms with Crippen molar-refractivity contribution in [1.29, 1.82) is 0 Å². The van der Waals surface area contributed by atoms with Gasteiger partial charge in [0.05, 0.1) is 5.02 Å². The molecule has 2 aromatic carbocycles. The molecule has 0 unspecified atom stereocenters. The number of halogens is 2. The molecule has 2 N–H and O–H groups in total. The Morgan fingerprint density at radius 2 is 1.82 bits per heavy atom. The number of benzene rings is 2. The predicted octanol–water partition coefficient (Wildman–Crippen LogP) is 4.25. The standard InChI is InChI=1S/C18H12ClFN4O3S/c19-11-5-1-2-7-13(11)27-14-8-3-9-15-16(14)22-18(24-28(15,25)26)23-17-12(20)6-4-10-21-17/h1-10H,(H2,21,22,23,24). The van der Waals surface area contributed by atoms with E-state index in [1.54, 1.807) is 30.3 Å². The summed E-state index contributed by atoms with van der Waals surface area (Å²) >= 11 is 6.12. The zero-order valence-electron chi connectivity index (χ0n) is 14.1. The maximum atomic E-state index is 13.8. The second-order valence-corrected chi connectivity index (χ2v) is 7.64. The first-order valence-electron chi connectivity index (χ1n) is 7.99. The van der Waals surface area contributed by atoms with Crippen molar-refractivity contribution in [3.05, 3.63) is 71.6 Å². The summed E-state index contributed by atoms with van der Waals surface area (Å²) < 4.78 is 48.4. The molecule has 0 spiro atoms. The van der Waals surface area contributed by atoms with Crippen molar-refractivity contribution in [3.8, 4) is 11.5 Å². The number of nitrogens with one attached hydrogen (secondary N) is 2. The van der Waals surface area contributed by atoms with Crippen LogP contribution in [0.4, 0.5) is 15.9 Å². The van der Waals surface area contributed by atoms with Crippen molar-refractivity contribution in [2.45, 2.75) is 4.90 Å². The van der Waals surface area contributed by atoms with E-state index in [1.807, 2.05) is 0 Å². The number of guanidine groups is 1. The highest BCUT2D eigenvalue weighted by Gasteiger charge is 2.28. The van der Waals surface area contributed by atoms with Gasteiger partial charge < -0.3 is 15.4 Å². The molecule has 0 amide bonds. The SMILES string of the molecule is O=S1(=O)N=C(Nc2ncccc2F)Nc2c(Oc3ccccc3Cl)cccc21. The number of pyridine rings is 1. The minimum absolute atomic E-state index is 0.0795. The quantitative estimate of drug-likeness (QED) is 0.660. The lowest BCUT2D eigenvalue weighted by molar-refractivity contribution is 0.483. The third-order valence-corrected chi connectivity index (χ3v) is 5.40. The number of para-hydroxylation sites is 2. The largest absolute Gasteiger partial charge is 0.454 e. The average Bonchev–Trinajstić information content (AvgIpc) is 2.66. The topological polar surface area (TPSA) is 92.7 Å². The Morgan fingerprint density at radius 3 is 2.61 bits per heavy atom. The number of hydrogen-bond donors (Lipinski definition) is 2. The van der Waals surface area contributed by atoms with Gasteiger partial charge in [0.25, 0.3) is 10.0 Å². The molecule has 3 aromatic rings. The van der Waals surface area contributed by atoms with E-state index in [0.717, 1.165) is 0 Å². The molecule has 2 heterocycles. The molecular formula is C18H12ClFN4O3S. The number of anilines is 2. The lowest BCUT2D eigenvalue weighted by atomic mass is 10.2. The number of nitrogens with zero attached hydrogens (tertiary/aromatic N) is 2. The molecule has 10 heteroatoms. The Labute approximate surface area is 164 Å². The Hall–Kier alpha value is -3.17. The van der Waals surface area contributed by atoms with E-state index in [1.165, 1.54) is 30.5 Å². The highest BCUT2D eigenvalue weighted by Crippen LogP contribution is 2.39. The molecule has 0 radical (unpaired) electrons. The lowest BCUT2D eigenvalue weighted by Gasteiger charge is -2.21. The molecule has 0 atom stereocenters. The summed E-state index contributed by atoms with van der Waals surface area (Å²) in [5.74, 6) is -0.470. The van der Waals surface area contributed by atoms with Crippen molar-refractivity contribution in [1.82, 2.24) is 4.98 Å². The molecule has 7 nitrogen and oxygen atoms in total. The number of fused-ring (bicyclic) bond motifs is 1. The highest BCUT2D eigenvalue weighted by atomic mass is 35.5. The number of ether oxygens (including phenoxy) is 1. The zero-order valence-corrected chi connectivity index (χ0v) is 15.6. The van der Waals surface area contributed by atoms with Crippen LogP contribution in [0.5, 0.6) is 11.5 Å². The first-order valence-corrected chi connectivity index (χ1v) is 9.81. The van der Waals surface area contributed by atoms with Crippen LogP contribution < -0.4 is 15.4 Å². The number of hydrogen-bond acceptors (Lipinski definition) is 6. The molecule has 0 fully saturated rings. The molecule has 1 aliphatic heterocycles. The Kier molecular flexibility index (Phi) is 4.62. The van der Waals surface area contributed by atoms with Crippen LogP contribution in [0.3, 0.4) is 0 Å². The second-order valence-electron chi connectivity index (χ2n) is 5.66. The maximum absolute atomic E-state index is 13.8. The molecule has 4 rings (SSSR count). The maximum Gasteiger partial charge on any atom is 0.287 e. The second kappa shape index (κ2) is 7.10. The van der Waals surface area contributed by atoms with Crippen LogP contribution >= 0.6 is 11.6 Å². The molecule has 1 aliphatic rings. The summed E-state index contributed by atoms with van der Waals surface area (Å²) in [7, 11) is -4.05. The van der Waals surface area contributed by atoms with E-state index < -0.39 is 15.8 Å². The molecule has 142 valence electrons. The van der Waals surface area contributed by atoms with Gasteiger partial charge in [-0.15, -0.1) is 4.40 Å². The molecule has 0 aliphatic carbocycles. The molecule has 0 bridgehead atoms. The predicted molar refractivity (Wildman–Crippen MR) is 104 cm³/mol. The van der Waals surface area contributed by atoms with E-state index in [4.69, 9.17) is 16.3 Å². The van der Waals surface area contributed by atoms with Gasteiger partial charge in [-0.25, -0.2) is 9.37 Å². The van der Waals surface area contributed by atoms with Crippen molar-refractivity contribution < 1.29 is 17.5 Å². The van der Waals surface area contributed by atoms with E-state index >= 15 is 0 Å². The van der Waals surface area contributed by atoms with Crippen LogP contribution in [0.1, 0.15) is 0 Å². The summed E-state index contributed by atoms with van der Waals surface area (Å²) in [6.45, 7) is 0. The van der Waals surface area contributed by atoms with Gasteiger partial charge in [-0.05, 0) is 36.4 Å². The van der Waals surface area contributed by atoms with E-state index in [0.29, 0.717) is 10.8 Å². The van der Waals surface area contributed by atoms with Crippen molar-refractivity contribution in [2.24, 2.45) is 4.40 Å². The summed E-state index contributed by atoms with van der Waals surface area (Å²) in [6, 6.07) is 13.9. The van der Waals surface area contributed by atoms with Gasteiger partial charge in [-0.3, -0.25) is 0 Å². The smallest absolute Gasteiger partial charge is 0.287 e. The fourth-order valence-electron chi connectivity index (χ4n) is 2.53. The van der Waals surface area contributed by atoms with Gasteiger partial charge in [0.2, 0.25) is 5.96 Å². The number of aromatic nitrogens is 1. The lowest BCUT2D eigenvalue weighted by Crippen LogP contribution is -2.29.